The quantitative estimate of drug-likeness (QED) is 0.535. The second-order valence-electron chi connectivity index (χ2n) is 10.00. The molecule has 3 amide bonds. The first-order valence-electron chi connectivity index (χ1n) is 12.5. The minimum Gasteiger partial charge on any atom is -0.461 e. The summed E-state index contributed by atoms with van der Waals surface area (Å²) in [4.78, 5) is 54.2. The second-order valence-corrected chi connectivity index (χ2v) is 10.00. The van der Waals surface area contributed by atoms with Gasteiger partial charge in [0.05, 0.1) is 17.8 Å². The van der Waals surface area contributed by atoms with Crippen LogP contribution >= 0.6 is 0 Å². The summed E-state index contributed by atoms with van der Waals surface area (Å²) >= 11 is 0. The lowest BCUT2D eigenvalue weighted by atomic mass is 9.95. The maximum absolute atomic E-state index is 14.1. The average Bonchev–Trinajstić information content (AvgIpc) is 2.86. The van der Waals surface area contributed by atoms with Crippen LogP contribution in [0.3, 0.4) is 0 Å². The van der Waals surface area contributed by atoms with Crippen molar-refractivity contribution in [3.8, 4) is 0 Å². The molecule has 1 heterocycles. The molecule has 0 aliphatic carbocycles. The van der Waals surface area contributed by atoms with Gasteiger partial charge in [-0.15, -0.1) is 0 Å². The molecule has 0 fully saturated rings. The molecule has 0 radical (unpaired) electrons. The van der Waals surface area contributed by atoms with Gasteiger partial charge in [0.1, 0.15) is 5.54 Å². The van der Waals surface area contributed by atoms with Crippen LogP contribution in [-0.4, -0.2) is 67.5 Å². The molecule has 0 saturated carbocycles. The fraction of sp³-hybridized carbons (Fsp3) is 0.379. The summed E-state index contributed by atoms with van der Waals surface area (Å²) < 4.78 is 5.28. The van der Waals surface area contributed by atoms with E-state index >= 15 is 0 Å². The number of carbonyl (C=O) groups excluding carboxylic acids is 4. The maximum Gasteiger partial charge on any atom is 0.337 e. The lowest BCUT2D eigenvalue weighted by molar-refractivity contribution is -0.180. The van der Waals surface area contributed by atoms with Crippen LogP contribution in [0.4, 0.5) is 0 Å². The van der Waals surface area contributed by atoms with Crippen molar-refractivity contribution in [2.24, 2.45) is 0 Å². The number of hydrogen-bond donors (Lipinski definition) is 1. The Hall–Kier alpha value is -3.98. The number of benzene rings is 2. The Morgan fingerprint density at radius 3 is 2.03 bits per heavy atom. The fourth-order valence-electron chi connectivity index (χ4n) is 4.48. The molecular weight excluding hydrogens is 486 g/mol. The highest BCUT2D eigenvalue weighted by Crippen LogP contribution is 2.35. The lowest BCUT2D eigenvalue weighted by Gasteiger charge is -2.49. The first kappa shape index (κ1) is 28.6. The van der Waals surface area contributed by atoms with Crippen LogP contribution < -0.4 is 0 Å². The van der Waals surface area contributed by atoms with Gasteiger partial charge in [0.2, 0.25) is 11.8 Å². The van der Waals surface area contributed by atoms with Gasteiger partial charge in [0.15, 0.2) is 6.10 Å². The Balaban J connectivity index is 2.24. The number of carbonyl (C=O) groups is 4. The Morgan fingerprint density at radius 2 is 1.53 bits per heavy atom. The molecule has 9 nitrogen and oxygen atoms in total. The monoisotopic (exact) mass is 521 g/mol. The molecule has 2 aromatic rings. The van der Waals surface area contributed by atoms with Crippen molar-refractivity contribution in [1.82, 2.24) is 14.9 Å². The molecule has 9 heteroatoms. The molecule has 2 aromatic carbocycles. The molecule has 0 saturated heterocycles. The normalized spacial score (nSPS) is 16.5. The third kappa shape index (κ3) is 5.94. The number of nitrogens with zero attached hydrogens (tertiary/aromatic N) is 3. The summed E-state index contributed by atoms with van der Waals surface area (Å²) in [7, 11) is 0. The molecule has 1 N–H and O–H groups in total. The standard InChI is InChI=1S/C29H35N3O6/c1-19(2)38-27(36)26(35)24(17-22-13-9-7-10-14-22)31(21(4)34)32-25(23-15-11-8-12-16-23)18-30(20(3)33)29(5,6)28(32)37/h7-16,18-19,24,26,35H,17H2,1-6H3/t24-,26?/m0/s1. The van der Waals surface area contributed by atoms with Gasteiger partial charge in [-0.05, 0) is 39.7 Å². The largest absolute Gasteiger partial charge is 0.461 e. The van der Waals surface area contributed by atoms with Crippen molar-refractivity contribution in [3.63, 3.8) is 0 Å². The predicted molar refractivity (Wildman–Crippen MR) is 142 cm³/mol. The van der Waals surface area contributed by atoms with Crippen molar-refractivity contribution >= 4 is 29.4 Å². The van der Waals surface area contributed by atoms with E-state index in [-0.39, 0.29) is 18.0 Å². The number of amides is 3. The Bertz CT molecular complexity index is 1210. The van der Waals surface area contributed by atoms with Gasteiger partial charge < -0.3 is 14.7 Å². The highest BCUT2D eigenvalue weighted by Gasteiger charge is 2.49. The van der Waals surface area contributed by atoms with Crippen LogP contribution in [0.25, 0.3) is 5.70 Å². The SMILES string of the molecule is CC(=O)N([C@@H](Cc1ccccc1)C(O)C(=O)OC(C)C)N1C(=O)C(C)(C)N(C(C)=O)C=C1c1ccccc1. The summed E-state index contributed by atoms with van der Waals surface area (Å²) in [6, 6.07) is 16.7. The van der Waals surface area contributed by atoms with Crippen molar-refractivity contribution in [2.45, 2.75) is 71.8 Å². The Labute approximate surface area is 223 Å². The zero-order valence-electron chi connectivity index (χ0n) is 22.6. The number of hydrogen-bond acceptors (Lipinski definition) is 6. The molecule has 0 aromatic heterocycles. The molecule has 0 spiro atoms. The van der Waals surface area contributed by atoms with E-state index in [2.05, 4.69) is 0 Å². The van der Waals surface area contributed by atoms with Gasteiger partial charge in [0, 0.05) is 25.6 Å². The first-order chi connectivity index (χ1) is 17.9. The molecule has 1 aliphatic heterocycles. The van der Waals surface area contributed by atoms with E-state index in [9.17, 15) is 24.3 Å². The highest BCUT2D eigenvalue weighted by atomic mass is 16.6. The molecule has 202 valence electrons. The maximum atomic E-state index is 14.1. The third-order valence-corrected chi connectivity index (χ3v) is 6.30. The number of ether oxygens (including phenoxy) is 1. The second kappa shape index (κ2) is 11.6. The van der Waals surface area contributed by atoms with Crippen LogP contribution in [0.2, 0.25) is 0 Å². The van der Waals surface area contributed by atoms with E-state index in [1.807, 2.05) is 6.07 Å². The van der Waals surface area contributed by atoms with E-state index in [4.69, 9.17) is 4.74 Å². The summed E-state index contributed by atoms with van der Waals surface area (Å²) in [5.74, 6) is -2.42. The fourth-order valence-corrected chi connectivity index (χ4v) is 4.48. The summed E-state index contributed by atoms with van der Waals surface area (Å²) in [6.07, 6.45) is -0.690. The van der Waals surface area contributed by atoms with Crippen LogP contribution in [0.5, 0.6) is 0 Å². The van der Waals surface area contributed by atoms with Crippen LogP contribution in [0.15, 0.2) is 66.9 Å². The minimum absolute atomic E-state index is 0.0531. The number of aliphatic hydroxyl groups excluding tert-OH is 1. The molecule has 38 heavy (non-hydrogen) atoms. The molecule has 3 rings (SSSR count). The highest BCUT2D eigenvalue weighted by molar-refractivity contribution is 6.00. The summed E-state index contributed by atoms with van der Waals surface area (Å²) in [6.45, 7) is 9.09. The van der Waals surface area contributed by atoms with Crippen molar-refractivity contribution in [1.29, 1.82) is 0 Å². The molecule has 1 aliphatic rings. The average molecular weight is 522 g/mol. The van der Waals surface area contributed by atoms with Crippen molar-refractivity contribution in [2.75, 3.05) is 0 Å². The van der Waals surface area contributed by atoms with Crippen LogP contribution in [0.1, 0.15) is 52.7 Å². The van der Waals surface area contributed by atoms with E-state index in [0.29, 0.717) is 5.56 Å². The number of rotatable bonds is 8. The lowest BCUT2D eigenvalue weighted by Crippen LogP contribution is -2.66. The Kier molecular flexibility index (Phi) is 8.73. The topological polar surface area (TPSA) is 107 Å². The molecule has 1 unspecified atom stereocenters. The minimum atomic E-state index is -1.76. The first-order valence-corrected chi connectivity index (χ1v) is 12.5. The van der Waals surface area contributed by atoms with E-state index in [1.165, 1.54) is 30.0 Å². The summed E-state index contributed by atoms with van der Waals surface area (Å²) in [5, 5.41) is 13.5. The smallest absolute Gasteiger partial charge is 0.337 e. The zero-order chi connectivity index (χ0) is 28.2. The van der Waals surface area contributed by atoms with Gasteiger partial charge in [-0.25, -0.2) is 14.8 Å². The molecule has 0 bridgehead atoms. The van der Waals surface area contributed by atoms with Gasteiger partial charge in [-0.1, -0.05) is 60.7 Å². The predicted octanol–water partition coefficient (Wildman–Crippen LogP) is 3.14. The van der Waals surface area contributed by atoms with Crippen molar-refractivity contribution < 1.29 is 29.0 Å². The van der Waals surface area contributed by atoms with E-state index < -0.39 is 41.6 Å². The van der Waals surface area contributed by atoms with Gasteiger partial charge >= 0.3 is 5.97 Å². The van der Waals surface area contributed by atoms with Crippen molar-refractivity contribution in [3.05, 3.63) is 78.0 Å². The Morgan fingerprint density at radius 1 is 0.974 bits per heavy atom. The van der Waals surface area contributed by atoms with Gasteiger partial charge in [-0.3, -0.25) is 14.4 Å². The van der Waals surface area contributed by atoms with Gasteiger partial charge in [0.25, 0.3) is 5.91 Å². The number of esters is 1. The third-order valence-electron chi connectivity index (χ3n) is 6.30. The van der Waals surface area contributed by atoms with E-state index in [1.54, 1.807) is 82.3 Å². The number of aliphatic hydroxyl groups is 1. The summed E-state index contributed by atoms with van der Waals surface area (Å²) in [5.41, 5.74) is 0.187. The zero-order valence-corrected chi connectivity index (χ0v) is 22.6. The van der Waals surface area contributed by atoms with Crippen LogP contribution in [-0.2, 0) is 30.3 Å². The molecular formula is C29H35N3O6. The number of hydrazine groups is 1. The van der Waals surface area contributed by atoms with Gasteiger partial charge in [-0.2, -0.15) is 0 Å². The van der Waals surface area contributed by atoms with Crippen LogP contribution in [0, 0.1) is 0 Å². The molecule has 2 atom stereocenters. The van der Waals surface area contributed by atoms with E-state index in [0.717, 1.165) is 10.6 Å².